The SMILES string of the molecule is C=CC1CCC2CC(C3CCC(c4ccc(OC(F)(F)F)c(F)c4)CC3)CCC2C1. The highest BCUT2D eigenvalue weighted by molar-refractivity contribution is 5.31. The van der Waals surface area contributed by atoms with Gasteiger partial charge >= 0.3 is 6.36 Å². The van der Waals surface area contributed by atoms with Gasteiger partial charge in [0.05, 0.1) is 0 Å². The zero-order valence-corrected chi connectivity index (χ0v) is 17.5. The second kappa shape index (κ2) is 8.92. The van der Waals surface area contributed by atoms with Crippen LogP contribution in [0.25, 0.3) is 0 Å². The summed E-state index contributed by atoms with van der Waals surface area (Å²) in [6.45, 7) is 3.99. The summed E-state index contributed by atoms with van der Waals surface area (Å²) in [5.74, 6) is 2.59. The van der Waals surface area contributed by atoms with Crippen LogP contribution in [0.2, 0.25) is 0 Å². The van der Waals surface area contributed by atoms with Crippen LogP contribution in [0.5, 0.6) is 5.75 Å². The number of hydrogen-bond donors (Lipinski definition) is 0. The van der Waals surface area contributed by atoms with E-state index in [9.17, 15) is 17.6 Å². The average Bonchev–Trinajstić information content (AvgIpc) is 2.73. The zero-order chi connectivity index (χ0) is 21.3. The van der Waals surface area contributed by atoms with E-state index < -0.39 is 17.9 Å². The van der Waals surface area contributed by atoms with Gasteiger partial charge in [-0.25, -0.2) is 4.39 Å². The summed E-state index contributed by atoms with van der Waals surface area (Å²) < 4.78 is 54.9. The molecule has 5 heteroatoms. The van der Waals surface area contributed by atoms with Gasteiger partial charge in [0.15, 0.2) is 11.6 Å². The third-order valence-corrected chi connectivity index (χ3v) is 8.12. The van der Waals surface area contributed by atoms with Gasteiger partial charge in [-0.1, -0.05) is 12.1 Å². The van der Waals surface area contributed by atoms with Crippen molar-refractivity contribution in [3.8, 4) is 5.75 Å². The lowest BCUT2D eigenvalue weighted by atomic mass is 9.61. The molecule has 166 valence electrons. The van der Waals surface area contributed by atoms with Crippen LogP contribution < -0.4 is 4.74 Å². The van der Waals surface area contributed by atoms with Gasteiger partial charge in [-0.05, 0) is 117 Å². The highest BCUT2D eigenvalue weighted by Crippen LogP contribution is 2.50. The third-order valence-electron chi connectivity index (χ3n) is 8.12. The van der Waals surface area contributed by atoms with Crippen molar-refractivity contribution in [3.63, 3.8) is 0 Å². The van der Waals surface area contributed by atoms with E-state index in [1.54, 1.807) is 6.07 Å². The number of alkyl halides is 3. The Kier molecular flexibility index (Phi) is 6.45. The van der Waals surface area contributed by atoms with Gasteiger partial charge in [0.2, 0.25) is 0 Å². The second-order valence-electron chi connectivity index (χ2n) is 9.75. The summed E-state index contributed by atoms with van der Waals surface area (Å²) in [5, 5.41) is 0. The maximum absolute atomic E-state index is 14.1. The van der Waals surface area contributed by atoms with Gasteiger partial charge in [-0.3, -0.25) is 0 Å². The topological polar surface area (TPSA) is 9.23 Å². The Bertz CT molecular complexity index is 735. The minimum absolute atomic E-state index is 0.232. The fourth-order valence-electron chi connectivity index (χ4n) is 6.51. The van der Waals surface area contributed by atoms with Gasteiger partial charge < -0.3 is 4.74 Å². The number of benzene rings is 1. The van der Waals surface area contributed by atoms with Crippen molar-refractivity contribution < 1.29 is 22.3 Å². The Hall–Kier alpha value is -1.52. The molecule has 4 rings (SSSR count). The molecular formula is C25H32F4O. The van der Waals surface area contributed by atoms with Crippen LogP contribution in [-0.2, 0) is 0 Å². The Labute approximate surface area is 176 Å². The van der Waals surface area contributed by atoms with Gasteiger partial charge in [-0.15, -0.1) is 19.8 Å². The molecule has 30 heavy (non-hydrogen) atoms. The van der Waals surface area contributed by atoms with Crippen molar-refractivity contribution in [2.75, 3.05) is 0 Å². The summed E-state index contributed by atoms with van der Waals surface area (Å²) in [6.07, 6.45) is 9.56. The lowest BCUT2D eigenvalue weighted by Crippen LogP contribution is -2.34. The van der Waals surface area contributed by atoms with Crippen molar-refractivity contribution in [1.29, 1.82) is 0 Å². The number of halogens is 4. The molecule has 0 heterocycles. The summed E-state index contributed by atoms with van der Waals surface area (Å²) in [5.41, 5.74) is 0.798. The monoisotopic (exact) mass is 424 g/mol. The normalized spacial score (nSPS) is 34.8. The largest absolute Gasteiger partial charge is 0.573 e. The van der Waals surface area contributed by atoms with Gasteiger partial charge in [0, 0.05) is 0 Å². The summed E-state index contributed by atoms with van der Waals surface area (Å²) in [7, 11) is 0. The van der Waals surface area contributed by atoms with Crippen LogP contribution in [-0.4, -0.2) is 6.36 Å². The van der Waals surface area contributed by atoms with Crippen LogP contribution in [0.3, 0.4) is 0 Å². The number of rotatable bonds is 4. The minimum atomic E-state index is -4.87. The molecule has 3 fully saturated rings. The van der Waals surface area contributed by atoms with Crippen LogP contribution >= 0.6 is 0 Å². The summed E-state index contributed by atoms with van der Waals surface area (Å²) in [4.78, 5) is 0. The van der Waals surface area contributed by atoms with Crippen molar-refractivity contribution in [3.05, 3.63) is 42.2 Å². The predicted octanol–water partition coefficient (Wildman–Crippen LogP) is 8.02. The van der Waals surface area contributed by atoms with E-state index in [0.29, 0.717) is 5.92 Å². The molecule has 0 saturated heterocycles. The molecule has 1 nitrogen and oxygen atoms in total. The molecule has 0 amide bonds. The van der Waals surface area contributed by atoms with E-state index in [1.807, 2.05) is 0 Å². The van der Waals surface area contributed by atoms with E-state index in [1.165, 1.54) is 44.6 Å². The quantitative estimate of drug-likeness (QED) is 0.351. The van der Waals surface area contributed by atoms with E-state index in [-0.39, 0.29) is 5.92 Å². The number of allylic oxidation sites excluding steroid dienone is 1. The fourth-order valence-corrected chi connectivity index (χ4v) is 6.51. The standard InChI is InChI=1S/C25H32F4O/c1-2-16-3-4-21-14-20(10-9-19(21)13-16)17-5-7-18(8-6-17)22-11-12-24(23(26)15-22)30-25(27,28)29/h2,11-12,15-21H,1,3-10,13-14H2. The smallest absolute Gasteiger partial charge is 0.403 e. The van der Waals surface area contributed by atoms with E-state index in [0.717, 1.165) is 61.0 Å². The van der Waals surface area contributed by atoms with Crippen LogP contribution in [0.1, 0.15) is 75.7 Å². The minimum Gasteiger partial charge on any atom is -0.403 e. The molecule has 0 spiro atoms. The maximum Gasteiger partial charge on any atom is 0.573 e. The molecule has 0 N–H and O–H groups in total. The van der Waals surface area contributed by atoms with Crippen molar-refractivity contribution in [2.24, 2.45) is 29.6 Å². The predicted molar refractivity (Wildman–Crippen MR) is 110 cm³/mol. The number of ether oxygens (including phenoxy) is 1. The van der Waals surface area contributed by atoms with Crippen LogP contribution in [0, 0.1) is 35.4 Å². The van der Waals surface area contributed by atoms with Crippen molar-refractivity contribution in [1.82, 2.24) is 0 Å². The molecule has 3 aliphatic carbocycles. The molecule has 0 aromatic heterocycles. The number of hydrogen-bond acceptors (Lipinski definition) is 1. The molecule has 0 aliphatic heterocycles. The van der Waals surface area contributed by atoms with Gasteiger partial charge in [-0.2, -0.15) is 0 Å². The molecule has 4 unspecified atom stereocenters. The molecule has 4 atom stereocenters. The lowest BCUT2D eigenvalue weighted by Gasteiger charge is -2.45. The Morgan fingerprint density at radius 1 is 0.833 bits per heavy atom. The first kappa shape index (κ1) is 21.7. The lowest BCUT2D eigenvalue weighted by molar-refractivity contribution is -0.275. The molecule has 1 aromatic rings. The first-order chi connectivity index (χ1) is 14.3. The highest BCUT2D eigenvalue weighted by atomic mass is 19.4. The summed E-state index contributed by atoms with van der Waals surface area (Å²) >= 11 is 0. The van der Waals surface area contributed by atoms with Crippen LogP contribution in [0.15, 0.2) is 30.9 Å². The zero-order valence-electron chi connectivity index (χ0n) is 17.5. The highest BCUT2D eigenvalue weighted by Gasteiger charge is 2.38. The summed E-state index contributed by atoms with van der Waals surface area (Å²) in [6, 6.07) is 3.94. The fraction of sp³-hybridized carbons (Fsp3) is 0.680. The van der Waals surface area contributed by atoms with E-state index in [2.05, 4.69) is 17.4 Å². The Balaban J connectivity index is 1.30. The molecule has 0 radical (unpaired) electrons. The third kappa shape index (κ3) is 5.03. The molecule has 3 saturated carbocycles. The first-order valence-corrected chi connectivity index (χ1v) is 11.5. The van der Waals surface area contributed by atoms with Gasteiger partial charge in [0.25, 0.3) is 0 Å². The van der Waals surface area contributed by atoms with Crippen LogP contribution in [0.4, 0.5) is 17.6 Å². The van der Waals surface area contributed by atoms with Crippen molar-refractivity contribution >= 4 is 0 Å². The van der Waals surface area contributed by atoms with Gasteiger partial charge in [0.1, 0.15) is 0 Å². The first-order valence-electron chi connectivity index (χ1n) is 11.5. The Morgan fingerprint density at radius 2 is 1.43 bits per heavy atom. The average molecular weight is 425 g/mol. The maximum atomic E-state index is 14.1. The molecule has 0 bridgehead atoms. The molecular weight excluding hydrogens is 392 g/mol. The van der Waals surface area contributed by atoms with E-state index >= 15 is 0 Å². The molecule has 1 aromatic carbocycles. The van der Waals surface area contributed by atoms with Crippen molar-refractivity contribution in [2.45, 2.75) is 76.5 Å². The molecule has 3 aliphatic rings. The second-order valence-corrected chi connectivity index (χ2v) is 9.75. The number of fused-ring (bicyclic) bond motifs is 1. The Morgan fingerprint density at radius 3 is 2.07 bits per heavy atom. The van der Waals surface area contributed by atoms with E-state index in [4.69, 9.17) is 0 Å².